The average molecular weight is 557 g/mol. The Morgan fingerprint density at radius 1 is 0.583 bits per heavy atom. The molecular weight excluding hydrogens is 513 g/mol. The number of aliphatic hydroxyl groups is 2. The fraction of sp³-hybridized carbons (Fsp3) is 0.760. The van der Waals surface area contributed by atoms with E-state index in [4.69, 9.17) is 51.6 Å². The molecule has 0 amide bonds. The van der Waals surface area contributed by atoms with Gasteiger partial charge in [0.1, 0.15) is 0 Å². The summed E-state index contributed by atoms with van der Waals surface area (Å²) >= 11 is 11.3. The average Bonchev–Trinajstić information content (AvgIpc) is 2.90. The summed E-state index contributed by atoms with van der Waals surface area (Å²) in [5, 5.41) is 19.4. The molecule has 0 aliphatic carbocycles. The highest BCUT2D eigenvalue weighted by Gasteiger charge is 2.14. The van der Waals surface area contributed by atoms with Crippen molar-refractivity contribution in [3.8, 4) is 0 Å². The van der Waals surface area contributed by atoms with Crippen LogP contribution in [-0.4, -0.2) is 131 Å². The molecule has 0 saturated heterocycles. The van der Waals surface area contributed by atoms with Gasteiger partial charge in [0.25, 0.3) is 0 Å². The maximum absolute atomic E-state index is 9.72. The fourth-order valence-electron chi connectivity index (χ4n) is 3.01. The van der Waals surface area contributed by atoms with Crippen molar-refractivity contribution in [2.24, 2.45) is 0 Å². The van der Waals surface area contributed by atoms with Gasteiger partial charge in [0.15, 0.2) is 0 Å². The molecule has 36 heavy (non-hydrogen) atoms. The molecule has 2 N–H and O–H groups in total. The number of halogens is 2. The van der Waals surface area contributed by atoms with Crippen LogP contribution in [0.15, 0.2) is 30.3 Å². The molecule has 1 rings (SSSR count). The number of alkyl halides is 2. The predicted octanol–water partition coefficient (Wildman–Crippen LogP) is 1.79. The lowest BCUT2D eigenvalue weighted by Crippen LogP contribution is -2.41. The summed E-state index contributed by atoms with van der Waals surface area (Å²) in [6.07, 6.45) is -1.32. The topological polar surface area (TPSA) is 99.1 Å². The monoisotopic (exact) mass is 555 g/mol. The van der Waals surface area contributed by atoms with Crippen LogP contribution in [0.25, 0.3) is 0 Å². The van der Waals surface area contributed by atoms with Gasteiger partial charge in [-0.1, -0.05) is 30.3 Å². The zero-order valence-electron chi connectivity index (χ0n) is 21.1. The van der Waals surface area contributed by atoms with Gasteiger partial charge >= 0.3 is 0 Å². The molecule has 0 spiro atoms. The van der Waals surface area contributed by atoms with Crippen molar-refractivity contribution < 1.29 is 38.6 Å². The highest BCUT2D eigenvalue weighted by molar-refractivity contribution is 6.18. The van der Waals surface area contributed by atoms with E-state index in [0.717, 1.165) is 5.56 Å². The van der Waals surface area contributed by atoms with Crippen LogP contribution < -0.4 is 0 Å². The molecular formula is C25H43Cl2NO8. The van der Waals surface area contributed by atoms with Gasteiger partial charge in [0.2, 0.25) is 0 Å². The molecule has 2 atom stereocenters. The second-order valence-corrected chi connectivity index (χ2v) is 8.59. The Kier molecular flexibility index (Phi) is 23.0. The molecule has 2 unspecified atom stereocenters. The minimum absolute atomic E-state index is 0.135. The summed E-state index contributed by atoms with van der Waals surface area (Å²) in [7, 11) is 0. The third-order valence-electron chi connectivity index (χ3n) is 4.82. The summed E-state index contributed by atoms with van der Waals surface area (Å²) in [5.41, 5.74) is 1.15. The van der Waals surface area contributed by atoms with Crippen LogP contribution in [0, 0.1) is 0 Å². The van der Waals surface area contributed by atoms with Crippen molar-refractivity contribution in [1.82, 2.24) is 4.90 Å². The summed E-state index contributed by atoms with van der Waals surface area (Å²) < 4.78 is 33.0. The van der Waals surface area contributed by atoms with E-state index >= 15 is 0 Å². The number of hydrogen-bond donors (Lipinski definition) is 2. The zero-order chi connectivity index (χ0) is 26.1. The number of benzene rings is 1. The first kappa shape index (κ1) is 33.5. The van der Waals surface area contributed by atoms with E-state index in [0.29, 0.717) is 98.9 Å². The van der Waals surface area contributed by atoms with E-state index in [-0.39, 0.29) is 11.8 Å². The molecule has 210 valence electrons. The lowest BCUT2D eigenvalue weighted by molar-refractivity contribution is -0.0191. The Labute approximate surface area is 225 Å². The first-order valence-electron chi connectivity index (χ1n) is 12.4. The van der Waals surface area contributed by atoms with Crippen molar-refractivity contribution >= 4 is 23.2 Å². The molecule has 0 aliphatic rings. The molecule has 0 aliphatic heterocycles. The number of hydrogen-bond acceptors (Lipinski definition) is 9. The number of nitrogens with zero attached hydrogens (tertiary/aromatic N) is 1. The van der Waals surface area contributed by atoms with Crippen LogP contribution >= 0.6 is 23.2 Å². The van der Waals surface area contributed by atoms with Crippen LogP contribution in [0.3, 0.4) is 0 Å². The Bertz CT molecular complexity index is 578. The summed E-state index contributed by atoms with van der Waals surface area (Å²) in [5.74, 6) is 0.271. The van der Waals surface area contributed by atoms with Gasteiger partial charge in [-0.2, -0.15) is 0 Å². The van der Waals surface area contributed by atoms with E-state index in [1.54, 1.807) is 0 Å². The highest BCUT2D eigenvalue weighted by atomic mass is 35.5. The van der Waals surface area contributed by atoms with E-state index in [1.807, 2.05) is 35.2 Å². The number of rotatable bonds is 26. The van der Waals surface area contributed by atoms with Crippen molar-refractivity contribution in [2.75, 3.05) is 104 Å². The van der Waals surface area contributed by atoms with E-state index in [1.165, 1.54) is 0 Å². The Morgan fingerprint density at radius 2 is 0.972 bits per heavy atom. The first-order valence-corrected chi connectivity index (χ1v) is 13.4. The fourth-order valence-corrected chi connectivity index (χ4v) is 3.20. The molecule has 0 radical (unpaired) electrons. The number of ether oxygens (including phenoxy) is 6. The van der Waals surface area contributed by atoms with E-state index in [2.05, 4.69) is 0 Å². The van der Waals surface area contributed by atoms with Crippen LogP contribution in [-0.2, 0) is 35.0 Å². The van der Waals surface area contributed by atoms with Crippen molar-refractivity contribution in [2.45, 2.75) is 18.8 Å². The second kappa shape index (κ2) is 24.8. The molecule has 0 fully saturated rings. The second-order valence-electron chi connectivity index (χ2n) is 7.98. The first-order chi connectivity index (χ1) is 17.7. The Morgan fingerprint density at radius 3 is 1.39 bits per heavy atom. The highest BCUT2D eigenvalue weighted by Crippen LogP contribution is 2.01. The van der Waals surface area contributed by atoms with Gasteiger partial charge in [-0.05, 0) is 5.56 Å². The predicted molar refractivity (Wildman–Crippen MR) is 140 cm³/mol. The Hall–Kier alpha value is -0.560. The summed E-state index contributed by atoms with van der Waals surface area (Å²) in [6.45, 7) is 7.32. The van der Waals surface area contributed by atoms with Gasteiger partial charge in [0.05, 0.1) is 91.5 Å². The molecule has 11 heteroatoms. The summed E-state index contributed by atoms with van der Waals surface area (Å²) in [4.78, 5) is 1.88. The number of aliphatic hydroxyl groups excluding tert-OH is 2. The molecule has 1 aromatic carbocycles. The normalized spacial score (nSPS) is 13.4. The van der Waals surface area contributed by atoms with Crippen LogP contribution in [0.5, 0.6) is 0 Å². The van der Waals surface area contributed by atoms with Gasteiger partial charge in [0, 0.05) is 31.4 Å². The van der Waals surface area contributed by atoms with E-state index in [9.17, 15) is 10.2 Å². The standard InChI is InChI=1S/C25H43Cl2NO8/c26-18-24(29)20-28(21-25(30)19-27)6-7-31-8-9-32-10-11-33-12-13-34-14-15-35-16-17-36-22-23-4-2-1-3-5-23/h1-5,24-25,29-30H,6-22H2. The molecule has 0 saturated carbocycles. The van der Waals surface area contributed by atoms with Crippen LogP contribution in [0.2, 0.25) is 0 Å². The Balaban J connectivity index is 1.80. The largest absolute Gasteiger partial charge is 0.391 e. The van der Waals surface area contributed by atoms with Crippen molar-refractivity contribution in [1.29, 1.82) is 0 Å². The maximum atomic E-state index is 9.72. The third-order valence-corrected chi connectivity index (χ3v) is 5.53. The van der Waals surface area contributed by atoms with Crippen molar-refractivity contribution in [3.05, 3.63) is 35.9 Å². The minimum Gasteiger partial charge on any atom is -0.391 e. The lowest BCUT2D eigenvalue weighted by atomic mass is 10.2. The molecule has 0 heterocycles. The summed E-state index contributed by atoms with van der Waals surface area (Å²) in [6, 6.07) is 10.0. The van der Waals surface area contributed by atoms with Gasteiger partial charge in [-0.3, -0.25) is 4.90 Å². The SMILES string of the molecule is OC(CCl)CN(CCOCCOCCOCCOCCOCCOCc1ccccc1)CC(O)CCl. The zero-order valence-corrected chi connectivity index (χ0v) is 22.6. The lowest BCUT2D eigenvalue weighted by Gasteiger charge is -2.26. The van der Waals surface area contributed by atoms with Crippen LogP contribution in [0.4, 0.5) is 0 Å². The molecule has 1 aromatic rings. The maximum Gasteiger partial charge on any atom is 0.0802 e. The van der Waals surface area contributed by atoms with Crippen LogP contribution in [0.1, 0.15) is 5.56 Å². The van der Waals surface area contributed by atoms with Crippen molar-refractivity contribution in [3.63, 3.8) is 0 Å². The third kappa shape index (κ3) is 20.5. The van der Waals surface area contributed by atoms with Gasteiger partial charge < -0.3 is 38.6 Å². The van der Waals surface area contributed by atoms with Gasteiger partial charge in [-0.25, -0.2) is 0 Å². The molecule has 9 nitrogen and oxygen atoms in total. The quantitative estimate of drug-likeness (QED) is 0.131. The molecule has 0 aromatic heterocycles. The smallest absolute Gasteiger partial charge is 0.0802 e. The van der Waals surface area contributed by atoms with E-state index < -0.39 is 12.2 Å². The minimum atomic E-state index is -0.660. The molecule has 0 bridgehead atoms. The van der Waals surface area contributed by atoms with Gasteiger partial charge in [-0.15, -0.1) is 23.2 Å².